The first-order valence-electron chi connectivity index (χ1n) is 9.05. The molecule has 0 amide bonds. The van der Waals surface area contributed by atoms with Gasteiger partial charge >= 0.3 is 0 Å². The van der Waals surface area contributed by atoms with E-state index in [1.807, 2.05) is 11.7 Å². The quantitative estimate of drug-likeness (QED) is 0.947. The Labute approximate surface area is 136 Å². The highest BCUT2D eigenvalue weighted by Gasteiger charge is 2.31. The molecule has 1 aliphatic heterocycles. The van der Waals surface area contributed by atoms with Gasteiger partial charge in [0.05, 0.1) is 11.7 Å². The van der Waals surface area contributed by atoms with Crippen molar-refractivity contribution in [2.75, 3.05) is 13.1 Å². The minimum absolute atomic E-state index is 0.0959. The molecule has 124 valence electrons. The lowest BCUT2D eigenvalue weighted by molar-refractivity contribution is 0.254. The van der Waals surface area contributed by atoms with Crippen LogP contribution in [0.4, 0.5) is 0 Å². The Balaban J connectivity index is 1.92. The molecular weight excluding hydrogens is 288 g/mol. The van der Waals surface area contributed by atoms with Crippen LogP contribution in [0.5, 0.6) is 0 Å². The number of pyridine rings is 1. The van der Waals surface area contributed by atoms with Crippen LogP contribution in [-0.4, -0.2) is 32.8 Å². The lowest BCUT2D eigenvalue weighted by Crippen LogP contribution is -2.25. The van der Waals surface area contributed by atoms with Gasteiger partial charge in [0.15, 0.2) is 0 Å². The molecule has 23 heavy (non-hydrogen) atoms. The van der Waals surface area contributed by atoms with Crippen LogP contribution < -0.4 is 5.56 Å². The van der Waals surface area contributed by atoms with Crippen molar-refractivity contribution in [1.29, 1.82) is 0 Å². The fourth-order valence-corrected chi connectivity index (χ4v) is 4.52. The zero-order valence-corrected chi connectivity index (χ0v) is 14.2. The highest BCUT2D eigenvalue weighted by atomic mass is 16.1. The molecule has 0 saturated carbocycles. The Morgan fingerprint density at radius 2 is 2.00 bits per heavy atom. The third-order valence-corrected chi connectivity index (χ3v) is 5.54. The monoisotopic (exact) mass is 314 g/mol. The minimum atomic E-state index is 0.0959. The predicted octanol–water partition coefficient (Wildman–Crippen LogP) is 2.69. The van der Waals surface area contributed by atoms with Crippen LogP contribution in [-0.2, 0) is 19.9 Å². The Hall–Kier alpha value is -1.62. The van der Waals surface area contributed by atoms with E-state index in [2.05, 4.69) is 16.8 Å². The number of H-pyrrole nitrogens is 1. The summed E-state index contributed by atoms with van der Waals surface area (Å²) in [6, 6.07) is 0.413. The average Bonchev–Trinajstić information content (AvgIpc) is 3.13. The van der Waals surface area contributed by atoms with Crippen LogP contribution in [0.15, 0.2) is 4.79 Å². The molecule has 5 heteroatoms. The second-order valence-corrected chi connectivity index (χ2v) is 7.04. The molecule has 5 nitrogen and oxygen atoms in total. The van der Waals surface area contributed by atoms with Crippen LogP contribution in [0, 0.1) is 0 Å². The van der Waals surface area contributed by atoms with E-state index in [-0.39, 0.29) is 5.56 Å². The summed E-state index contributed by atoms with van der Waals surface area (Å²) in [4.78, 5) is 18.1. The number of nitrogens with one attached hydrogen (secondary N) is 1. The van der Waals surface area contributed by atoms with Gasteiger partial charge in [-0.15, -0.1) is 0 Å². The summed E-state index contributed by atoms with van der Waals surface area (Å²) in [5.41, 5.74) is 4.50. The van der Waals surface area contributed by atoms with Crippen molar-refractivity contribution in [2.45, 2.75) is 57.9 Å². The number of nitrogens with zero attached hydrogens (tertiary/aromatic N) is 3. The summed E-state index contributed by atoms with van der Waals surface area (Å²) < 4.78 is 1.88. The van der Waals surface area contributed by atoms with E-state index in [0.717, 1.165) is 37.0 Å². The van der Waals surface area contributed by atoms with Crippen molar-refractivity contribution < 1.29 is 0 Å². The summed E-state index contributed by atoms with van der Waals surface area (Å²) in [6.45, 7) is 4.54. The van der Waals surface area contributed by atoms with Crippen molar-refractivity contribution in [3.63, 3.8) is 0 Å². The molecule has 1 aliphatic carbocycles. The van der Waals surface area contributed by atoms with Crippen molar-refractivity contribution in [3.8, 4) is 0 Å². The first-order chi connectivity index (χ1) is 11.2. The molecule has 2 aliphatic rings. The fraction of sp³-hybridized carbons (Fsp3) is 0.667. The third kappa shape index (κ3) is 2.33. The third-order valence-electron chi connectivity index (χ3n) is 5.54. The van der Waals surface area contributed by atoms with Gasteiger partial charge in [-0.1, -0.05) is 6.92 Å². The number of hydrogen-bond donors (Lipinski definition) is 1. The predicted molar refractivity (Wildman–Crippen MR) is 91.8 cm³/mol. The molecule has 0 unspecified atom stereocenters. The van der Waals surface area contributed by atoms with E-state index < -0.39 is 0 Å². The van der Waals surface area contributed by atoms with Gasteiger partial charge in [0, 0.05) is 18.0 Å². The van der Waals surface area contributed by atoms with Crippen molar-refractivity contribution in [3.05, 3.63) is 27.2 Å². The molecule has 1 N–H and O–H groups in total. The molecule has 2 aromatic rings. The first-order valence-corrected chi connectivity index (χ1v) is 9.05. The Morgan fingerprint density at radius 3 is 2.78 bits per heavy atom. The molecule has 0 bridgehead atoms. The van der Waals surface area contributed by atoms with E-state index in [4.69, 9.17) is 5.10 Å². The van der Waals surface area contributed by atoms with Crippen LogP contribution in [0.2, 0.25) is 0 Å². The van der Waals surface area contributed by atoms with Crippen molar-refractivity contribution in [1.82, 2.24) is 19.7 Å². The van der Waals surface area contributed by atoms with Crippen LogP contribution >= 0.6 is 0 Å². The zero-order valence-electron chi connectivity index (χ0n) is 14.2. The van der Waals surface area contributed by atoms with Crippen LogP contribution in [0.25, 0.3) is 11.0 Å². The number of fused-ring (bicyclic) bond motifs is 3. The van der Waals surface area contributed by atoms with Crippen molar-refractivity contribution in [2.24, 2.45) is 7.05 Å². The molecule has 4 rings (SSSR count). The first kappa shape index (κ1) is 14.9. The number of likely N-dealkylation sites (tertiary alicyclic amines) is 1. The van der Waals surface area contributed by atoms with Gasteiger partial charge in [-0.25, -0.2) is 0 Å². The SMILES string of the molecule is CCCN1CCC[C@H]1c1nn(C)c2[nH]c(=O)c3c(c12)CCCC3. The second kappa shape index (κ2) is 5.78. The number of hydrogen-bond acceptors (Lipinski definition) is 3. The molecule has 1 saturated heterocycles. The van der Waals surface area contributed by atoms with Gasteiger partial charge in [-0.2, -0.15) is 5.10 Å². The van der Waals surface area contributed by atoms with Gasteiger partial charge in [0.2, 0.25) is 0 Å². The maximum Gasteiger partial charge on any atom is 0.253 e. The molecule has 0 radical (unpaired) electrons. The molecule has 1 fully saturated rings. The number of rotatable bonds is 3. The maximum absolute atomic E-state index is 12.4. The minimum Gasteiger partial charge on any atom is -0.307 e. The van der Waals surface area contributed by atoms with Gasteiger partial charge < -0.3 is 4.98 Å². The molecule has 1 atom stereocenters. The largest absolute Gasteiger partial charge is 0.307 e. The normalized spacial score (nSPS) is 21.9. The second-order valence-electron chi connectivity index (χ2n) is 7.04. The fourth-order valence-electron chi connectivity index (χ4n) is 4.52. The van der Waals surface area contributed by atoms with E-state index in [1.54, 1.807) is 0 Å². The van der Waals surface area contributed by atoms with Crippen LogP contribution in [0.3, 0.4) is 0 Å². The zero-order chi connectivity index (χ0) is 16.0. The Bertz CT molecular complexity index is 788. The highest BCUT2D eigenvalue weighted by Crippen LogP contribution is 2.37. The summed E-state index contributed by atoms with van der Waals surface area (Å²) in [6.07, 6.45) is 7.85. The van der Waals surface area contributed by atoms with Crippen molar-refractivity contribution >= 4 is 11.0 Å². The van der Waals surface area contributed by atoms with Gasteiger partial charge in [-0.05, 0) is 63.6 Å². The number of aromatic amines is 1. The van der Waals surface area contributed by atoms with Crippen LogP contribution in [0.1, 0.15) is 61.9 Å². The summed E-state index contributed by atoms with van der Waals surface area (Å²) in [5.74, 6) is 0. The lowest BCUT2D eigenvalue weighted by atomic mass is 9.89. The molecule has 3 heterocycles. The van der Waals surface area contributed by atoms with E-state index >= 15 is 0 Å². The lowest BCUT2D eigenvalue weighted by Gasteiger charge is -2.23. The molecule has 0 aromatic carbocycles. The molecular formula is C18H26N4O. The number of aromatic nitrogens is 3. The Kier molecular flexibility index (Phi) is 3.76. The number of aryl methyl sites for hydroxylation is 2. The van der Waals surface area contributed by atoms with E-state index in [9.17, 15) is 4.79 Å². The van der Waals surface area contributed by atoms with Gasteiger partial charge in [0.25, 0.3) is 5.56 Å². The smallest absolute Gasteiger partial charge is 0.253 e. The summed E-state index contributed by atoms with van der Waals surface area (Å²) >= 11 is 0. The standard InChI is InChI=1S/C18H26N4O/c1-3-10-22-11-6-9-14(22)16-15-12-7-4-5-8-13(12)18(23)19-17(15)21(2)20-16/h14H,3-11H2,1-2H3,(H,19,23)/t14-/m0/s1. The molecule has 2 aromatic heterocycles. The average molecular weight is 314 g/mol. The summed E-state index contributed by atoms with van der Waals surface area (Å²) in [5, 5.41) is 6.10. The van der Waals surface area contributed by atoms with Gasteiger partial charge in [-0.3, -0.25) is 14.4 Å². The van der Waals surface area contributed by atoms with E-state index in [0.29, 0.717) is 6.04 Å². The maximum atomic E-state index is 12.4. The Morgan fingerprint density at radius 1 is 1.22 bits per heavy atom. The van der Waals surface area contributed by atoms with Gasteiger partial charge in [0.1, 0.15) is 5.65 Å². The summed E-state index contributed by atoms with van der Waals surface area (Å²) in [7, 11) is 1.95. The topological polar surface area (TPSA) is 53.9 Å². The molecule has 0 spiro atoms. The highest BCUT2D eigenvalue weighted by molar-refractivity contribution is 5.84. The van der Waals surface area contributed by atoms with E-state index in [1.165, 1.54) is 48.9 Å².